The molecule has 3 aromatic rings. The minimum Gasteiger partial charge on any atom is -0.345 e. The van der Waals surface area contributed by atoms with Crippen LogP contribution in [-0.4, -0.2) is 14.3 Å². The average Bonchev–Trinajstić information content (AvgIpc) is 2.69. The molecule has 1 atom stereocenters. The first-order valence-electron chi connectivity index (χ1n) is 8.79. The first kappa shape index (κ1) is 19.8. The second-order valence-corrected chi connectivity index (χ2v) is 8.48. The molecule has 0 heterocycles. The third-order valence-electron chi connectivity index (χ3n) is 4.37. The quantitative estimate of drug-likeness (QED) is 0.675. The Kier molecular flexibility index (Phi) is 5.90. The maximum absolute atomic E-state index is 13.9. The van der Waals surface area contributed by atoms with Crippen LogP contribution in [0.2, 0.25) is 0 Å². The Hall–Kier alpha value is -2.99. The molecule has 0 unspecified atom stereocenters. The number of carbonyl (C=O) groups excluding carboxylic acids is 1. The van der Waals surface area contributed by atoms with Crippen molar-refractivity contribution in [1.82, 2.24) is 5.32 Å². The Morgan fingerprint density at radius 3 is 2.36 bits per heavy atom. The maximum Gasteiger partial charge on any atom is 0.251 e. The normalized spacial score (nSPS) is 12.4. The third kappa shape index (κ3) is 4.64. The first-order chi connectivity index (χ1) is 13.4. The maximum atomic E-state index is 13.9. The number of amides is 1. The SMILES string of the molecule is C[C@H](NC(=O)c1cccc(CS(=O)(=O)c2ccccc2)c1)c1ccccc1F. The van der Waals surface area contributed by atoms with Crippen molar-refractivity contribution < 1.29 is 17.6 Å². The minimum atomic E-state index is -3.51. The van der Waals surface area contributed by atoms with Crippen molar-refractivity contribution in [2.45, 2.75) is 23.6 Å². The summed E-state index contributed by atoms with van der Waals surface area (Å²) < 4.78 is 39.0. The molecule has 0 fully saturated rings. The molecule has 0 bridgehead atoms. The Morgan fingerprint density at radius 1 is 0.964 bits per heavy atom. The lowest BCUT2D eigenvalue weighted by molar-refractivity contribution is 0.0939. The number of nitrogens with one attached hydrogen (secondary N) is 1. The summed E-state index contributed by atoms with van der Waals surface area (Å²) in [7, 11) is -3.51. The van der Waals surface area contributed by atoms with Crippen LogP contribution in [-0.2, 0) is 15.6 Å². The number of halogens is 1. The summed E-state index contributed by atoms with van der Waals surface area (Å²) in [6.07, 6.45) is 0. The van der Waals surface area contributed by atoms with Gasteiger partial charge in [-0.2, -0.15) is 0 Å². The minimum absolute atomic E-state index is 0.207. The summed E-state index contributed by atoms with van der Waals surface area (Å²) in [5, 5.41) is 2.75. The molecule has 0 saturated heterocycles. The van der Waals surface area contributed by atoms with E-state index in [-0.39, 0.29) is 10.6 Å². The zero-order valence-corrected chi connectivity index (χ0v) is 16.1. The van der Waals surface area contributed by atoms with Crippen LogP contribution in [0.25, 0.3) is 0 Å². The molecular weight excluding hydrogens is 377 g/mol. The van der Waals surface area contributed by atoms with Crippen LogP contribution in [0.15, 0.2) is 83.8 Å². The van der Waals surface area contributed by atoms with Crippen molar-refractivity contribution in [2.75, 3.05) is 0 Å². The van der Waals surface area contributed by atoms with E-state index in [4.69, 9.17) is 0 Å². The van der Waals surface area contributed by atoms with Gasteiger partial charge in [0.25, 0.3) is 5.91 Å². The van der Waals surface area contributed by atoms with Crippen LogP contribution < -0.4 is 5.32 Å². The average molecular weight is 397 g/mol. The summed E-state index contributed by atoms with van der Waals surface area (Å²) in [4.78, 5) is 12.8. The molecule has 1 amide bonds. The molecule has 0 aliphatic rings. The van der Waals surface area contributed by atoms with E-state index in [0.717, 1.165) is 0 Å². The summed E-state index contributed by atoms with van der Waals surface area (Å²) in [5.74, 6) is -0.992. The smallest absolute Gasteiger partial charge is 0.251 e. The van der Waals surface area contributed by atoms with Crippen LogP contribution in [0, 0.1) is 5.82 Å². The van der Waals surface area contributed by atoms with Crippen LogP contribution in [0.5, 0.6) is 0 Å². The zero-order chi connectivity index (χ0) is 20.1. The van der Waals surface area contributed by atoms with Gasteiger partial charge in [0, 0.05) is 11.1 Å². The largest absolute Gasteiger partial charge is 0.345 e. The van der Waals surface area contributed by atoms with Crippen molar-refractivity contribution in [3.63, 3.8) is 0 Å². The van der Waals surface area contributed by atoms with Gasteiger partial charge in [0.2, 0.25) is 0 Å². The van der Waals surface area contributed by atoms with Gasteiger partial charge in [-0.3, -0.25) is 4.79 Å². The van der Waals surface area contributed by atoms with Gasteiger partial charge < -0.3 is 5.32 Å². The summed E-state index contributed by atoms with van der Waals surface area (Å²) in [5.41, 5.74) is 1.22. The Bertz CT molecular complexity index is 1080. The third-order valence-corrected chi connectivity index (χ3v) is 6.07. The number of rotatable bonds is 6. The number of carbonyl (C=O) groups is 1. The van der Waals surface area contributed by atoms with E-state index in [2.05, 4.69) is 5.32 Å². The van der Waals surface area contributed by atoms with Crippen LogP contribution >= 0.6 is 0 Å². The van der Waals surface area contributed by atoms with Gasteiger partial charge in [-0.15, -0.1) is 0 Å². The molecule has 0 saturated carbocycles. The molecule has 0 aromatic heterocycles. The Balaban J connectivity index is 1.76. The predicted molar refractivity (Wildman–Crippen MR) is 106 cm³/mol. The van der Waals surface area contributed by atoms with Gasteiger partial charge in [0.15, 0.2) is 9.84 Å². The fraction of sp³-hybridized carbons (Fsp3) is 0.136. The number of sulfone groups is 1. The topological polar surface area (TPSA) is 63.2 Å². The van der Waals surface area contributed by atoms with E-state index < -0.39 is 27.6 Å². The van der Waals surface area contributed by atoms with Crippen molar-refractivity contribution in [2.24, 2.45) is 0 Å². The second-order valence-electron chi connectivity index (χ2n) is 6.49. The van der Waals surface area contributed by atoms with E-state index in [9.17, 15) is 17.6 Å². The molecule has 3 aromatic carbocycles. The molecule has 3 rings (SSSR count). The molecule has 144 valence electrons. The lowest BCUT2D eigenvalue weighted by Crippen LogP contribution is -2.27. The first-order valence-corrected chi connectivity index (χ1v) is 10.4. The molecule has 0 radical (unpaired) electrons. The van der Waals surface area contributed by atoms with Crippen molar-refractivity contribution in [1.29, 1.82) is 0 Å². The molecule has 0 spiro atoms. The van der Waals surface area contributed by atoms with Gasteiger partial charge in [-0.25, -0.2) is 12.8 Å². The highest BCUT2D eigenvalue weighted by Gasteiger charge is 2.17. The highest BCUT2D eigenvalue weighted by atomic mass is 32.2. The fourth-order valence-electron chi connectivity index (χ4n) is 2.92. The zero-order valence-electron chi connectivity index (χ0n) is 15.3. The second kappa shape index (κ2) is 8.35. The summed E-state index contributed by atoms with van der Waals surface area (Å²) in [6, 6.07) is 20.3. The lowest BCUT2D eigenvalue weighted by Gasteiger charge is -2.15. The van der Waals surface area contributed by atoms with Gasteiger partial charge in [0.05, 0.1) is 16.7 Å². The standard InChI is InChI=1S/C22H20FNO3S/c1-16(20-12-5-6-13-21(20)23)24-22(25)18-9-7-8-17(14-18)15-28(26,27)19-10-3-2-4-11-19/h2-14,16H,15H2,1H3,(H,24,25)/t16-/m0/s1. The van der Waals surface area contributed by atoms with Crippen LogP contribution in [0.4, 0.5) is 4.39 Å². The highest BCUT2D eigenvalue weighted by molar-refractivity contribution is 7.90. The predicted octanol–water partition coefficient (Wildman–Crippen LogP) is 4.29. The Morgan fingerprint density at radius 2 is 1.64 bits per heavy atom. The molecule has 6 heteroatoms. The summed E-state index contributed by atoms with van der Waals surface area (Å²) in [6.45, 7) is 1.69. The van der Waals surface area contributed by atoms with Gasteiger partial charge in [0.1, 0.15) is 5.82 Å². The molecule has 4 nitrogen and oxygen atoms in total. The van der Waals surface area contributed by atoms with Crippen molar-refractivity contribution in [3.05, 3.63) is 101 Å². The van der Waals surface area contributed by atoms with Crippen molar-refractivity contribution in [3.8, 4) is 0 Å². The van der Waals surface area contributed by atoms with E-state index >= 15 is 0 Å². The van der Waals surface area contributed by atoms with E-state index in [1.54, 1.807) is 79.7 Å². The van der Waals surface area contributed by atoms with E-state index in [1.165, 1.54) is 6.07 Å². The van der Waals surface area contributed by atoms with Gasteiger partial charge >= 0.3 is 0 Å². The van der Waals surface area contributed by atoms with Gasteiger partial charge in [-0.05, 0) is 42.8 Å². The lowest BCUT2D eigenvalue weighted by atomic mass is 10.1. The molecule has 28 heavy (non-hydrogen) atoms. The van der Waals surface area contributed by atoms with E-state index in [0.29, 0.717) is 16.7 Å². The monoisotopic (exact) mass is 397 g/mol. The van der Waals surface area contributed by atoms with Crippen LogP contribution in [0.1, 0.15) is 34.5 Å². The van der Waals surface area contributed by atoms with Crippen LogP contribution in [0.3, 0.4) is 0 Å². The van der Waals surface area contributed by atoms with E-state index in [1.807, 2.05) is 0 Å². The molecular formula is C22H20FNO3S. The summed E-state index contributed by atoms with van der Waals surface area (Å²) >= 11 is 0. The molecule has 0 aliphatic carbocycles. The molecule has 0 aliphatic heterocycles. The number of benzene rings is 3. The highest BCUT2D eigenvalue weighted by Crippen LogP contribution is 2.19. The Labute approximate surface area is 164 Å². The number of hydrogen-bond acceptors (Lipinski definition) is 3. The van der Waals surface area contributed by atoms with Crippen molar-refractivity contribution >= 4 is 15.7 Å². The fourth-order valence-corrected chi connectivity index (χ4v) is 4.27. The number of hydrogen-bond donors (Lipinski definition) is 1. The molecule has 1 N–H and O–H groups in total. The van der Waals surface area contributed by atoms with Gasteiger partial charge in [-0.1, -0.05) is 48.5 Å².